The molecular weight excluding hydrogens is 232 g/mol. The van der Waals surface area contributed by atoms with Gasteiger partial charge in [0.2, 0.25) is 5.91 Å². The molecule has 0 saturated heterocycles. The molecule has 0 spiro atoms. The fourth-order valence-corrected chi connectivity index (χ4v) is 2.32. The SMILES string of the molecule is CSCCCN(C)C(=O)C[C@@H](CN)CC(C)C. The molecule has 0 heterocycles. The van der Waals surface area contributed by atoms with Crippen LogP contribution in [0, 0.1) is 11.8 Å². The average Bonchev–Trinajstić information content (AvgIpc) is 2.27. The summed E-state index contributed by atoms with van der Waals surface area (Å²) in [6.07, 6.45) is 4.81. The van der Waals surface area contributed by atoms with Crippen LogP contribution in [0.1, 0.15) is 33.1 Å². The molecule has 0 saturated carbocycles. The van der Waals surface area contributed by atoms with E-state index in [-0.39, 0.29) is 5.91 Å². The molecule has 2 N–H and O–H groups in total. The van der Waals surface area contributed by atoms with E-state index in [1.54, 1.807) is 0 Å². The van der Waals surface area contributed by atoms with Crippen molar-refractivity contribution in [1.82, 2.24) is 4.90 Å². The number of rotatable bonds is 9. The number of nitrogens with two attached hydrogens (primary N) is 1. The molecule has 0 radical (unpaired) electrons. The average molecular weight is 260 g/mol. The van der Waals surface area contributed by atoms with Gasteiger partial charge in [-0.15, -0.1) is 0 Å². The first-order valence-electron chi connectivity index (χ1n) is 6.44. The van der Waals surface area contributed by atoms with E-state index in [0.717, 1.165) is 25.1 Å². The van der Waals surface area contributed by atoms with Gasteiger partial charge in [0.05, 0.1) is 0 Å². The zero-order valence-corrected chi connectivity index (χ0v) is 12.6. The summed E-state index contributed by atoms with van der Waals surface area (Å²) in [5.41, 5.74) is 5.72. The summed E-state index contributed by atoms with van der Waals surface area (Å²) >= 11 is 1.82. The minimum Gasteiger partial charge on any atom is -0.346 e. The van der Waals surface area contributed by atoms with Crippen LogP contribution in [0.4, 0.5) is 0 Å². The summed E-state index contributed by atoms with van der Waals surface area (Å²) in [6, 6.07) is 0. The van der Waals surface area contributed by atoms with Gasteiger partial charge in [0.1, 0.15) is 0 Å². The topological polar surface area (TPSA) is 46.3 Å². The van der Waals surface area contributed by atoms with E-state index in [1.807, 2.05) is 23.7 Å². The van der Waals surface area contributed by atoms with Gasteiger partial charge < -0.3 is 10.6 Å². The molecule has 0 aliphatic carbocycles. The fraction of sp³-hybridized carbons (Fsp3) is 0.923. The van der Waals surface area contributed by atoms with Gasteiger partial charge in [-0.05, 0) is 43.2 Å². The first-order chi connectivity index (χ1) is 8.01. The molecule has 102 valence electrons. The van der Waals surface area contributed by atoms with Crippen LogP contribution < -0.4 is 5.73 Å². The Bertz CT molecular complexity index is 210. The summed E-state index contributed by atoms with van der Waals surface area (Å²) in [4.78, 5) is 13.8. The van der Waals surface area contributed by atoms with Gasteiger partial charge in [0.15, 0.2) is 0 Å². The monoisotopic (exact) mass is 260 g/mol. The van der Waals surface area contributed by atoms with Gasteiger partial charge in [-0.25, -0.2) is 0 Å². The molecule has 0 fully saturated rings. The maximum absolute atomic E-state index is 12.0. The predicted octanol–water partition coefficient (Wildman–Crippen LogP) is 2.21. The second-order valence-corrected chi connectivity index (χ2v) is 6.08. The van der Waals surface area contributed by atoms with Crippen LogP contribution >= 0.6 is 11.8 Å². The zero-order valence-electron chi connectivity index (χ0n) is 11.7. The van der Waals surface area contributed by atoms with Gasteiger partial charge in [-0.3, -0.25) is 4.79 Å². The van der Waals surface area contributed by atoms with Gasteiger partial charge in [0, 0.05) is 20.0 Å². The number of thioether (sulfide) groups is 1. The van der Waals surface area contributed by atoms with Crippen LogP contribution in [0.2, 0.25) is 0 Å². The van der Waals surface area contributed by atoms with Crippen LogP contribution in [0.5, 0.6) is 0 Å². The Kier molecular flexibility index (Phi) is 9.65. The maximum atomic E-state index is 12.0. The summed E-state index contributed by atoms with van der Waals surface area (Å²) in [6.45, 7) is 5.83. The standard InChI is InChI=1S/C13H28N2OS/c1-11(2)8-12(10-14)9-13(16)15(3)6-5-7-17-4/h11-12H,5-10,14H2,1-4H3/t12-/m0/s1. The van der Waals surface area contributed by atoms with Gasteiger partial charge in [-0.2, -0.15) is 11.8 Å². The highest BCUT2D eigenvalue weighted by atomic mass is 32.2. The number of hydrogen-bond donors (Lipinski definition) is 1. The molecule has 1 amide bonds. The Balaban J connectivity index is 3.94. The van der Waals surface area contributed by atoms with Crippen molar-refractivity contribution < 1.29 is 4.79 Å². The van der Waals surface area contributed by atoms with E-state index in [4.69, 9.17) is 5.73 Å². The maximum Gasteiger partial charge on any atom is 0.222 e. The Labute approximate surface area is 111 Å². The van der Waals surface area contributed by atoms with Gasteiger partial charge in [0.25, 0.3) is 0 Å². The quantitative estimate of drug-likeness (QED) is 0.647. The van der Waals surface area contributed by atoms with Crippen molar-refractivity contribution in [3.8, 4) is 0 Å². The summed E-state index contributed by atoms with van der Waals surface area (Å²) in [5, 5.41) is 0. The molecular formula is C13H28N2OS. The fourth-order valence-electron chi connectivity index (χ4n) is 1.90. The lowest BCUT2D eigenvalue weighted by atomic mass is 9.94. The minimum atomic E-state index is 0.238. The lowest BCUT2D eigenvalue weighted by molar-refractivity contribution is -0.130. The molecule has 0 unspecified atom stereocenters. The molecule has 1 atom stereocenters. The van der Waals surface area contributed by atoms with E-state index >= 15 is 0 Å². The lowest BCUT2D eigenvalue weighted by Crippen LogP contribution is -2.31. The Morgan fingerprint density at radius 1 is 1.41 bits per heavy atom. The molecule has 0 aliphatic heterocycles. The normalized spacial score (nSPS) is 12.8. The van der Waals surface area contributed by atoms with Crippen molar-refractivity contribution in [2.45, 2.75) is 33.1 Å². The molecule has 4 heteroatoms. The Morgan fingerprint density at radius 3 is 2.53 bits per heavy atom. The number of carbonyl (C=O) groups is 1. The third-order valence-electron chi connectivity index (χ3n) is 2.87. The van der Waals surface area contributed by atoms with E-state index in [1.165, 1.54) is 0 Å². The van der Waals surface area contributed by atoms with Crippen LogP contribution in [-0.4, -0.2) is 43.0 Å². The second kappa shape index (κ2) is 9.77. The minimum absolute atomic E-state index is 0.238. The van der Waals surface area contributed by atoms with Crippen molar-refractivity contribution in [2.75, 3.05) is 32.1 Å². The number of amides is 1. The molecule has 17 heavy (non-hydrogen) atoms. The molecule has 0 aromatic rings. The third kappa shape index (κ3) is 8.50. The van der Waals surface area contributed by atoms with E-state index in [0.29, 0.717) is 24.8 Å². The lowest BCUT2D eigenvalue weighted by Gasteiger charge is -2.21. The van der Waals surface area contributed by atoms with Crippen molar-refractivity contribution in [2.24, 2.45) is 17.6 Å². The number of carbonyl (C=O) groups excluding carboxylic acids is 1. The highest BCUT2D eigenvalue weighted by molar-refractivity contribution is 7.98. The largest absolute Gasteiger partial charge is 0.346 e. The predicted molar refractivity (Wildman–Crippen MR) is 77.3 cm³/mol. The summed E-state index contributed by atoms with van der Waals surface area (Å²) in [5.74, 6) is 2.30. The Hall–Kier alpha value is -0.220. The van der Waals surface area contributed by atoms with Crippen molar-refractivity contribution >= 4 is 17.7 Å². The van der Waals surface area contributed by atoms with E-state index < -0.39 is 0 Å². The zero-order chi connectivity index (χ0) is 13.3. The van der Waals surface area contributed by atoms with Gasteiger partial charge >= 0.3 is 0 Å². The molecule has 0 rings (SSSR count). The number of nitrogens with zero attached hydrogens (tertiary/aromatic N) is 1. The van der Waals surface area contributed by atoms with Crippen LogP contribution in [0.15, 0.2) is 0 Å². The highest BCUT2D eigenvalue weighted by Gasteiger charge is 2.16. The third-order valence-corrected chi connectivity index (χ3v) is 3.57. The summed E-state index contributed by atoms with van der Waals surface area (Å²) in [7, 11) is 1.89. The molecule has 0 bridgehead atoms. The highest BCUT2D eigenvalue weighted by Crippen LogP contribution is 2.15. The number of hydrogen-bond acceptors (Lipinski definition) is 3. The van der Waals surface area contributed by atoms with E-state index in [9.17, 15) is 4.79 Å². The van der Waals surface area contributed by atoms with Crippen molar-refractivity contribution in [1.29, 1.82) is 0 Å². The van der Waals surface area contributed by atoms with E-state index in [2.05, 4.69) is 20.1 Å². The summed E-state index contributed by atoms with van der Waals surface area (Å²) < 4.78 is 0. The molecule has 0 aliphatic rings. The van der Waals surface area contributed by atoms with Gasteiger partial charge in [-0.1, -0.05) is 13.8 Å². The first-order valence-corrected chi connectivity index (χ1v) is 7.83. The van der Waals surface area contributed by atoms with Crippen LogP contribution in [0.25, 0.3) is 0 Å². The van der Waals surface area contributed by atoms with Crippen LogP contribution in [-0.2, 0) is 4.79 Å². The van der Waals surface area contributed by atoms with Crippen molar-refractivity contribution in [3.63, 3.8) is 0 Å². The van der Waals surface area contributed by atoms with Crippen molar-refractivity contribution in [3.05, 3.63) is 0 Å². The molecule has 0 aromatic heterocycles. The first kappa shape index (κ1) is 16.8. The Morgan fingerprint density at radius 2 is 2.06 bits per heavy atom. The molecule has 3 nitrogen and oxygen atoms in total. The smallest absolute Gasteiger partial charge is 0.222 e. The molecule has 0 aromatic carbocycles. The van der Waals surface area contributed by atoms with Crippen LogP contribution in [0.3, 0.4) is 0 Å². The second-order valence-electron chi connectivity index (χ2n) is 5.10.